The van der Waals surface area contributed by atoms with E-state index in [1.54, 1.807) is 0 Å². The largest absolute Gasteiger partial charge is 0.349 e. The van der Waals surface area contributed by atoms with Crippen LogP contribution in [0.15, 0.2) is 0 Å². The second kappa shape index (κ2) is 2.55. The number of carbonyl (C=O) groups is 3. The summed E-state index contributed by atoms with van der Waals surface area (Å²) in [5.74, 6) is -0.304. The van der Waals surface area contributed by atoms with Crippen molar-refractivity contribution in [3.8, 4) is 0 Å². The van der Waals surface area contributed by atoms with Crippen molar-refractivity contribution in [1.29, 1.82) is 0 Å². The Labute approximate surface area is 73.1 Å². The van der Waals surface area contributed by atoms with Crippen molar-refractivity contribution in [2.45, 2.75) is 6.54 Å². The number of rotatable bonds is 2. The molecule has 0 unspecified atom stereocenters. The summed E-state index contributed by atoms with van der Waals surface area (Å²) in [4.78, 5) is 34.8. The van der Waals surface area contributed by atoms with Crippen molar-refractivity contribution in [3.63, 3.8) is 0 Å². The van der Waals surface area contributed by atoms with Gasteiger partial charge in [-0.1, -0.05) is 0 Å². The Balaban J connectivity index is 2.69. The van der Waals surface area contributed by atoms with Crippen molar-refractivity contribution >= 4 is 18.5 Å². The van der Waals surface area contributed by atoms with Gasteiger partial charge in [-0.2, -0.15) is 0 Å². The third-order valence-corrected chi connectivity index (χ3v) is 2.05. The molecule has 0 atom stereocenters. The van der Waals surface area contributed by atoms with Gasteiger partial charge in [-0.25, -0.2) is 0 Å². The van der Waals surface area contributed by atoms with Crippen LogP contribution in [-0.4, -0.2) is 23.5 Å². The van der Waals surface area contributed by atoms with E-state index in [2.05, 4.69) is 10.3 Å². The Hall–Kier alpha value is -1.91. The zero-order chi connectivity index (χ0) is 9.42. The molecular weight excluding hydrogens is 172 g/mol. The van der Waals surface area contributed by atoms with E-state index in [-0.39, 0.29) is 11.6 Å². The maximum atomic E-state index is 11.2. The first-order valence-electron chi connectivity index (χ1n) is 3.71. The van der Waals surface area contributed by atoms with Gasteiger partial charge in [-0.3, -0.25) is 14.4 Å². The van der Waals surface area contributed by atoms with Gasteiger partial charge in [0.25, 0.3) is 5.91 Å². The molecule has 66 valence electrons. The van der Waals surface area contributed by atoms with Gasteiger partial charge in [-0.15, -0.1) is 0 Å². The quantitative estimate of drug-likeness (QED) is 0.620. The standard InChI is InChI=1S/C8H6N2O3/c11-2-5-4-1-9-8(13)7(4)6(3-12)10-5/h2-3,10H,1H2,(H,9,13). The maximum absolute atomic E-state index is 11.2. The van der Waals surface area contributed by atoms with E-state index in [4.69, 9.17) is 0 Å². The zero-order valence-electron chi connectivity index (χ0n) is 6.59. The van der Waals surface area contributed by atoms with Crippen LogP contribution in [0, 0.1) is 0 Å². The fraction of sp³-hybridized carbons (Fsp3) is 0.125. The molecule has 2 heterocycles. The molecule has 1 aliphatic rings. The molecule has 0 bridgehead atoms. The summed E-state index contributed by atoms with van der Waals surface area (Å²) in [5.41, 5.74) is 1.36. The Kier molecular flexibility index (Phi) is 1.51. The molecule has 5 nitrogen and oxygen atoms in total. The Bertz CT molecular complexity index is 406. The van der Waals surface area contributed by atoms with Crippen LogP contribution in [0.3, 0.4) is 0 Å². The predicted molar refractivity (Wildman–Crippen MR) is 42.7 cm³/mol. The fourth-order valence-electron chi connectivity index (χ4n) is 1.47. The van der Waals surface area contributed by atoms with Gasteiger partial charge in [0.2, 0.25) is 0 Å². The van der Waals surface area contributed by atoms with E-state index in [9.17, 15) is 14.4 Å². The van der Waals surface area contributed by atoms with Crippen molar-refractivity contribution < 1.29 is 14.4 Å². The number of fused-ring (bicyclic) bond motifs is 1. The van der Waals surface area contributed by atoms with Crippen LogP contribution < -0.4 is 5.32 Å². The highest BCUT2D eigenvalue weighted by molar-refractivity contribution is 6.06. The van der Waals surface area contributed by atoms with Gasteiger partial charge < -0.3 is 10.3 Å². The topological polar surface area (TPSA) is 79.0 Å². The van der Waals surface area contributed by atoms with Crippen LogP contribution in [0.25, 0.3) is 0 Å². The lowest BCUT2D eigenvalue weighted by molar-refractivity contribution is 0.0959. The van der Waals surface area contributed by atoms with E-state index in [0.29, 0.717) is 35.9 Å². The second-order valence-corrected chi connectivity index (χ2v) is 2.72. The number of hydrogen-bond donors (Lipinski definition) is 2. The van der Waals surface area contributed by atoms with Crippen LogP contribution in [0.5, 0.6) is 0 Å². The molecule has 1 amide bonds. The molecule has 2 rings (SSSR count). The fourth-order valence-corrected chi connectivity index (χ4v) is 1.47. The molecule has 1 aromatic heterocycles. The molecule has 0 aromatic carbocycles. The highest BCUT2D eigenvalue weighted by Crippen LogP contribution is 2.21. The molecule has 0 radical (unpaired) electrons. The molecule has 2 N–H and O–H groups in total. The minimum absolute atomic E-state index is 0.173. The predicted octanol–water partition coefficient (Wildman–Crippen LogP) is -0.117. The summed E-state index contributed by atoms with van der Waals surface area (Å²) in [5, 5.41) is 2.54. The van der Waals surface area contributed by atoms with Crippen LogP contribution in [-0.2, 0) is 6.54 Å². The molecule has 1 aliphatic heterocycles. The summed E-state index contributed by atoms with van der Waals surface area (Å²) in [6, 6.07) is 0. The molecule has 0 aliphatic carbocycles. The minimum atomic E-state index is -0.304. The summed E-state index contributed by atoms with van der Waals surface area (Å²) in [7, 11) is 0. The number of H-pyrrole nitrogens is 1. The van der Waals surface area contributed by atoms with Crippen molar-refractivity contribution in [3.05, 3.63) is 22.5 Å². The number of carbonyl (C=O) groups excluding carboxylic acids is 3. The highest BCUT2D eigenvalue weighted by atomic mass is 16.2. The second-order valence-electron chi connectivity index (χ2n) is 2.72. The third-order valence-electron chi connectivity index (χ3n) is 2.05. The smallest absolute Gasteiger partial charge is 0.254 e. The number of amides is 1. The van der Waals surface area contributed by atoms with E-state index in [1.165, 1.54) is 0 Å². The molecule has 0 saturated carbocycles. The molecule has 0 spiro atoms. The third kappa shape index (κ3) is 0.900. The van der Waals surface area contributed by atoms with Gasteiger partial charge in [0.05, 0.1) is 17.0 Å². The van der Waals surface area contributed by atoms with Crippen LogP contribution in [0.1, 0.15) is 36.9 Å². The van der Waals surface area contributed by atoms with Gasteiger partial charge in [0.1, 0.15) is 0 Å². The minimum Gasteiger partial charge on any atom is -0.349 e. The number of hydrogen-bond acceptors (Lipinski definition) is 3. The van der Waals surface area contributed by atoms with E-state index < -0.39 is 0 Å². The van der Waals surface area contributed by atoms with Gasteiger partial charge in [0, 0.05) is 12.1 Å². The van der Waals surface area contributed by atoms with Crippen molar-refractivity contribution in [2.75, 3.05) is 0 Å². The Morgan fingerprint density at radius 2 is 1.85 bits per heavy atom. The summed E-state index contributed by atoms with van der Waals surface area (Å²) in [6.45, 7) is 0.312. The van der Waals surface area contributed by atoms with Gasteiger partial charge in [0.15, 0.2) is 12.6 Å². The van der Waals surface area contributed by atoms with Crippen molar-refractivity contribution in [2.24, 2.45) is 0 Å². The number of aromatic nitrogens is 1. The molecule has 1 aromatic rings. The zero-order valence-corrected chi connectivity index (χ0v) is 6.59. The lowest BCUT2D eigenvalue weighted by Gasteiger charge is -1.91. The Morgan fingerprint density at radius 1 is 1.15 bits per heavy atom. The van der Waals surface area contributed by atoms with Crippen LogP contribution >= 0.6 is 0 Å². The average Bonchev–Trinajstić information content (AvgIpc) is 2.67. The van der Waals surface area contributed by atoms with Crippen LogP contribution in [0.4, 0.5) is 0 Å². The highest BCUT2D eigenvalue weighted by Gasteiger charge is 2.27. The van der Waals surface area contributed by atoms with E-state index >= 15 is 0 Å². The van der Waals surface area contributed by atoms with E-state index in [0.717, 1.165) is 0 Å². The van der Waals surface area contributed by atoms with Gasteiger partial charge in [-0.05, 0) is 0 Å². The molecule has 0 fully saturated rings. The lowest BCUT2D eigenvalue weighted by atomic mass is 10.1. The first-order valence-corrected chi connectivity index (χ1v) is 3.71. The lowest BCUT2D eigenvalue weighted by Crippen LogP contribution is -2.14. The number of aromatic amines is 1. The SMILES string of the molecule is O=Cc1[nH]c(C=O)c2c1CNC2=O. The normalized spacial score (nSPS) is 13.7. The monoisotopic (exact) mass is 178 g/mol. The molecular formula is C8H6N2O3. The number of nitrogens with one attached hydrogen (secondary N) is 2. The average molecular weight is 178 g/mol. The van der Waals surface area contributed by atoms with Crippen molar-refractivity contribution in [1.82, 2.24) is 10.3 Å². The summed E-state index contributed by atoms with van der Waals surface area (Å²) < 4.78 is 0. The molecule has 5 heteroatoms. The molecule has 13 heavy (non-hydrogen) atoms. The van der Waals surface area contributed by atoms with E-state index in [1.807, 2.05) is 0 Å². The summed E-state index contributed by atoms with van der Waals surface area (Å²) in [6.07, 6.45) is 1.14. The summed E-state index contributed by atoms with van der Waals surface area (Å²) >= 11 is 0. The molecule has 0 saturated heterocycles. The first kappa shape index (κ1) is 7.72. The number of aldehydes is 2. The Morgan fingerprint density at radius 3 is 2.46 bits per heavy atom. The van der Waals surface area contributed by atoms with Crippen LogP contribution in [0.2, 0.25) is 0 Å². The first-order chi connectivity index (χ1) is 6.27. The van der Waals surface area contributed by atoms with Gasteiger partial charge >= 0.3 is 0 Å². The maximum Gasteiger partial charge on any atom is 0.254 e.